The van der Waals surface area contributed by atoms with E-state index in [9.17, 15) is 9.59 Å². The van der Waals surface area contributed by atoms with Crippen molar-refractivity contribution in [3.05, 3.63) is 105 Å². The van der Waals surface area contributed by atoms with Crippen LogP contribution in [0.3, 0.4) is 0 Å². The molecule has 7 nitrogen and oxygen atoms in total. The van der Waals surface area contributed by atoms with Gasteiger partial charge in [-0.1, -0.05) is 48.5 Å². The lowest BCUT2D eigenvalue weighted by Gasteiger charge is -2.10. The Morgan fingerprint density at radius 2 is 1.71 bits per heavy atom. The highest BCUT2D eigenvalue weighted by Crippen LogP contribution is 2.28. The topological polar surface area (TPSA) is 92.7 Å². The minimum atomic E-state index is -0.287. The van der Waals surface area contributed by atoms with Gasteiger partial charge in [0.05, 0.1) is 4.88 Å². The monoisotopic (exact) mass is 467 g/mol. The molecule has 0 saturated heterocycles. The van der Waals surface area contributed by atoms with Crippen LogP contribution in [0.15, 0.2) is 83.0 Å². The molecule has 0 aliphatic carbocycles. The SMILES string of the molecule is Cc1nc(-n2nc(-c3cccs3)cc2NC(=O)c2ccc(-c3ccccc3)cc2)[nH]c(=O)c1C. The average molecular weight is 468 g/mol. The van der Waals surface area contributed by atoms with E-state index in [2.05, 4.69) is 20.4 Å². The number of aromatic amines is 1. The third kappa shape index (κ3) is 4.18. The van der Waals surface area contributed by atoms with Crippen LogP contribution >= 0.6 is 11.3 Å². The van der Waals surface area contributed by atoms with Crippen molar-refractivity contribution in [2.24, 2.45) is 0 Å². The van der Waals surface area contributed by atoms with Crippen molar-refractivity contribution in [2.75, 3.05) is 5.32 Å². The van der Waals surface area contributed by atoms with Crippen molar-refractivity contribution < 1.29 is 4.79 Å². The Morgan fingerprint density at radius 1 is 0.971 bits per heavy atom. The normalized spacial score (nSPS) is 10.9. The van der Waals surface area contributed by atoms with E-state index in [0.29, 0.717) is 28.3 Å². The van der Waals surface area contributed by atoms with E-state index < -0.39 is 0 Å². The molecule has 0 unspecified atom stereocenters. The molecule has 168 valence electrons. The molecule has 1 amide bonds. The van der Waals surface area contributed by atoms with Crippen molar-refractivity contribution in [2.45, 2.75) is 13.8 Å². The van der Waals surface area contributed by atoms with Crippen LogP contribution < -0.4 is 10.9 Å². The van der Waals surface area contributed by atoms with Crippen LogP contribution in [-0.4, -0.2) is 25.7 Å². The number of nitrogens with zero attached hydrogens (tertiary/aromatic N) is 3. The zero-order valence-electron chi connectivity index (χ0n) is 18.6. The fourth-order valence-electron chi connectivity index (χ4n) is 3.54. The van der Waals surface area contributed by atoms with Gasteiger partial charge in [0.2, 0.25) is 5.95 Å². The Morgan fingerprint density at radius 3 is 2.38 bits per heavy atom. The first-order valence-corrected chi connectivity index (χ1v) is 11.6. The fourth-order valence-corrected chi connectivity index (χ4v) is 4.22. The lowest BCUT2D eigenvalue weighted by atomic mass is 10.0. The Balaban J connectivity index is 1.49. The third-order valence-electron chi connectivity index (χ3n) is 5.56. The first kappa shape index (κ1) is 21.5. The maximum atomic E-state index is 13.1. The number of carbonyl (C=O) groups is 1. The van der Waals surface area contributed by atoms with Crippen LogP contribution in [0.5, 0.6) is 0 Å². The van der Waals surface area contributed by atoms with Crippen LogP contribution in [-0.2, 0) is 0 Å². The summed E-state index contributed by atoms with van der Waals surface area (Å²) in [6.45, 7) is 3.48. The second-order valence-electron chi connectivity index (χ2n) is 7.80. The van der Waals surface area contributed by atoms with E-state index in [1.54, 1.807) is 32.0 Å². The number of thiophene rings is 1. The molecule has 0 aliphatic heterocycles. The molecule has 0 atom stereocenters. The van der Waals surface area contributed by atoms with Gasteiger partial charge < -0.3 is 5.32 Å². The molecule has 3 aromatic heterocycles. The molecular weight excluding hydrogens is 446 g/mol. The number of carbonyl (C=O) groups excluding carboxylic acids is 1. The van der Waals surface area contributed by atoms with Gasteiger partial charge in [-0.3, -0.25) is 14.6 Å². The number of nitrogens with one attached hydrogen (secondary N) is 2. The van der Waals surface area contributed by atoms with Crippen LogP contribution in [0.1, 0.15) is 21.6 Å². The van der Waals surface area contributed by atoms with Gasteiger partial charge in [0.25, 0.3) is 11.5 Å². The molecule has 2 N–H and O–H groups in total. The second-order valence-corrected chi connectivity index (χ2v) is 8.75. The standard InChI is InChI=1S/C26H21N5O2S/c1-16-17(2)27-26(29-24(16)32)31-23(15-21(30-31)22-9-6-14-34-22)28-25(33)20-12-10-19(11-13-20)18-7-4-3-5-8-18/h3-15H,1-2H3,(H,28,33)(H,27,29,32). The Bertz CT molecular complexity index is 1520. The summed E-state index contributed by atoms with van der Waals surface area (Å²) in [6, 6.07) is 23.0. The summed E-state index contributed by atoms with van der Waals surface area (Å²) in [7, 11) is 0. The molecule has 0 aliphatic rings. The van der Waals surface area contributed by atoms with E-state index >= 15 is 0 Å². The molecule has 5 aromatic rings. The van der Waals surface area contributed by atoms with Crippen LogP contribution in [0.2, 0.25) is 0 Å². The summed E-state index contributed by atoms with van der Waals surface area (Å²) >= 11 is 1.54. The van der Waals surface area contributed by atoms with Gasteiger partial charge in [-0.15, -0.1) is 11.3 Å². The van der Waals surface area contributed by atoms with Crippen molar-refractivity contribution >= 4 is 23.1 Å². The van der Waals surface area contributed by atoms with Gasteiger partial charge in [0, 0.05) is 22.9 Å². The summed E-state index contributed by atoms with van der Waals surface area (Å²) in [5.74, 6) is 0.363. The minimum Gasteiger partial charge on any atom is -0.306 e. The molecule has 2 aromatic carbocycles. The van der Waals surface area contributed by atoms with Crippen molar-refractivity contribution in [3.8, 4) is 27.6 Å². The quantitative estimate of drug-likeness (QED) is 0.371. The Labute approximate surface area is 199 Å². The van der Waals surface area contributed by atoms with E-state index in [1.165, 1.54) is 16.0 Å². The number of anilines is 1. The molecule has 5 rings (SSSR count). The molecule has 34 heavy (non-hydrogen) atoms. The summed E-state index contributed by atoms with van der Waals surface area (Å²) < 4.78 is 1.46. The van der Waals surface area contributed by atoms with Crippen molar-refractivity contribution in [1.29, 1.82) is 0 Å². The van der Waals surface area contributed by atoms with E-state index in [0.717, 1.165) is 16.0 Å². The molecule has 0 fully saturated rings. The third-order valence-corrected chi connectivity index (χ3v) is 6.45. The lowest BCUT2D eigenvalue weighted by Crippen LogP contribution is -2.20. The number of benzene rings is 2. The number of H-pyrrole nitrogens is 1. The predicted molar refractivity (Wildman–Crippen MR) is 135 cm³/mol. The highest BCUT2D eigenvalue weighted by Gasteiger charge is 2.18. The highest BCUT2D eigenvalue weighted by atomic mass is 32.1. The van der Waals surface area contributed by atoms with E-state index in [1.807, 2.05) is 60.0 Å². The second kappa shape index (κ2) is 8.92. The fraction of sp³-hybridized carbons (Fsp3) is 0.0769. The summed E-state index contributed by atoms with van der Waals surface area (Å²) in [5, 5.41) is 9.49. The van der Waals surface area contributed by atoms with Gasteiger partial charge in [-0.2, -0.15) is 9.78 Å². The van der Waals surface area contributed by atoms with E-state index in [4.69, 9.17) is 0 Å². The summed E-state index contributed by atoms with van der Waals surface area (Å²) in [6.07, 6.45) is 0. The van der Waals surface area contributed by atoms with Crippen LogP contribution in [0.4, 0.5) is 5.82 Å². The summed E-state index contributed by atoms with van der Waals surface area (Å²) in [5.41, 5.74) is 4.18. The van der Waals surface area contributed by atoms with Gasteiger partial charge in [0.15, 0.2) is 0 Å². The van der Waals surface area contributed by atoms with Gasteiger partial charge in [-0.05, 0) is 48.6 Å². The zero-order chi connectivity index (χ0) is 23.7. The van der Waals surface area contributed by atoms with Gasteiger partial charge in [-0.25, -0.2) is 4.98 Å². The maximum Gasteiger partial charge on any atom is 0.256 e. The number of hydrogen-bond donors (Lipinski definition) is 2. The molecular formula is C26H21N5O2S. The number of rotatable bonds is 5. The Kier molecular flexibility index (Phi) is 5.65. The van der Waals surface area contributed by atoms with Crippen molar-refractivity contribution in [3.63, 3.8) is 0 Å². The molecule has 0 radical (unpaired) electrons. The highest BCUT2D eigenvalue weighted by molar-refractivity contribution is 7.13. The molecule has 0 saturated carbocycles. The molecule has 8 heteroatoms. The molecule has 0 bridgehead atoms. The van der Waals surface area contributed by atoms with Crippen LogP contribution in [0.25, 0.3) is 27.6 Å². The van der Waals surface area contributed by atoms with Crippen LogP contribution in [0, 0.1) is 13.8 Å². The van der Waals surface area contributed by atoms with Gasteiger partial charge in [0.1, 0.15) is 11.5 Å². The zero-order valence-corrected chi connectivity index (χ0v) is 19.4. The molecule has 3 heterocycles. The average Bonchev–Trinajstić information content (AvgIpc) is 3.53. The Hall–Kier alpha value is -4.30. The lowest BCUT2D eigenvalue weighted by molar-refractivity contribution is 0.102. The van der Waals surface area contributed by atoms with E-state index in [-0.39, 0.29) is 17.4 Å². The number of hydrogen-bond acceptors (Lipinski definition) is 5. The smallest absolute Gasteiger partial charge is 0.256 e. The molecule has 0 spiro atoms. The minimum absolute atomic E-state index is 0.241. The predicted octanol–water partition coefficient (Wildman–Crippen LogP) is 5.22. The first-order chi connectivity index (χ1) is 16.5. The maximum absolute atomic E-state index is 13.1. The first-order valence-electron chi connectivity index (χ1n) is 10.7. The van der Waals surface area contributed by atoms with Crippen molar-refractivity contribution in [1.82, 2.24) is 19.7 Å². The number of amides is 1. The number of aryl methyl sites for hydroxylation is 1. The largest absolute Gasteiger partial charge is 0.306 e. The summed E-state index contributed by atoms with van der Waals surface area (Å²) in [4.78, 5) is 33.6. The van der Waals surface area contributed by atoms with Gasteiger partial charge >= 0.3 is 0 Å². The number of aromatic nitrogens is 4.